The fourth-order valence-electron chi connectivity index (χ4n) is 4.04. The van der Waals surface area contributed by atoms with Crippen molar-refractivity contribution in [3.8, 4) is 5.75 Å². The van der Waals surface area contributed by atoms with Crippen molar-refractivity contribution in [2.45, 2.75) is 42.8 Å². The maximum atomic E-state index is 13.2. The van der Waals surface area contributed by atoms with Crippen molar-refractivity contribution in [2.75, 3.05) is 6.54 Å². The largest absolute Gasteiger partial charge is 0.489 e. The van der Waals surface area contributed by atoms with Gasteiger partial charge in [-0.25, -0.2) is 13.3 Å². The number of benzene rings is 2. The molecule has 8 nitrogen and oxygen atoms in total. The van der Waals surface area contributed by atoms with E-state index in [2.05, 4.69) is 10.3 Å². The molecule has 1 aromatic heterocycles. The number of aromatic nitrogens is 1. The highest BCUT2D eigenvalue weighted by atomic mass is 35.5. The zero-order chi connectivity index (χ0) is 26.4. The molecule has 1 aliphatic heterocycles. The minimum Gasteiger partial charge on any atom is -0.489 e. The highest BCUT2D eigenvalue weighted by Gasteiger charge is 2.36. The van der Waals surface area contributed by atoms with E-state index in [-0.39, 0.29) is 6.42 Å². The number of nitrogens with one attached hydrogen (secondary N) is 1. The number of nitrogens with zero attached hydrogens (tertiary/aromatic N) is 2. The summed E-state index contributed by atoms with van der Waals surface area (Å²) in [6.07, 6.45) is 4.58. The van der Waals surface area contributed by atoms with Crippen molar-refractivity contribution in [1.29, 1.82) is 0 Å². The molecule has 0 radical (unpaired) electrons. The molecule has 194 valence electrons. The molecule has 1 unspecified atom stereocenters. The fraction of sp³-hybridized carbons (Fsp3) is 0.269. The molecule has 1 fully saturated rings. The number of halogens is 2. The zero-order valence-corrected chi connectivity index (χ0v) is 22.0. The lowest BCUT2D eigenvalue weighted by atomic mass is 10.1. The van der Waals surface area contributed by atoms with Crippen LogP contribution in [0.5, 0.6) is 5.75 Å². The predicted molar refractivity (Wildman–Crippen MR) is 141 cm³/mol. The molecule has 0 saturated carbocycles. The summed E-state index contributed by atoms with van der Waals surface area (Å²) in [4.78, 5) is 29.4. The first-order valence-corrected chi connectivity index (χ1v) is 13.4. The number of hydrogen-bond acceptors (Lipinski definition) is 5. The molecule has 0 bridgehead atoms. The van der Waals surface area contributed by atoms with E-state index in [0.29, 0.717) is 46.7 Å². The summed E-state index contributed by atoms with van der Waals surface area (Å²) in [6.45, 7) is 0.809. The predicted octanol–water partition coefficient (Wildman–Crippen LogP) is 4.27. The average molecular weight is 562 g/mol. The van der Waals surface area contributed by atoms with Gasteiger partial charge in [-0.15, -0.1) is 0 Å². The maximum Gasteiger partial charge on any atom is 0.326 e. The van der Waals surface area contributed by atoms with Crippen LogP contribution in [0.1, 0.15) is 24.0 Å². The molecule has 3 atom stereocenters. The topological polar surface area (TPSA) is 109 Å². The molecule has 4 rings (SSSR count). The third-order valence-corrected chi connectivity index (χ3v) is 7.83. The number of aliphatic carboxylic acids is 1. The van der Waals surface area contributed by atoms with Gasteiger partial charge < -0.3 is 15.2 Å². The van der Waals surface area contributed by atoms with Crippen LogP contribution >= 0.6 is 23.2 Å². The normalized spacial score (nSPS) is 17.2. The molecule has 0 spiro atoms. The molecule has 2 N–H and O–H groups in total. The van der Waals surface area contributed by atoms with Gasteiger partial charge in [-0.1, -0.05) is 35.3 Å². The molecule has 1 saturated heterocycles. The van der Waals surface area contributed by atoms with E-state index in [4.69, 9.17) is 27.9 Å². The lowest BCUT2D eigenvalue weighted by Gasteiger charge is -2.24. The van der Waals surface area contributed by atoms with E-state index >= 15 is 0 Å². The van der Waals surface area contributed by atoms with Crippen molar-refractivity contribution in [2.24, 2.45) is 0 Å². The lowest BCUT2D eigenvalue weighted by molar-refractivity contribution is -0.142. The van der Waals surface area contributed by atoms with Gasteiger partial charge in [0.25, 0.3) is 0 Å². The number of carbonyl (C=O) groups excluding carboxylic acids is 1. The van der Waals surface area contributed by atoms with Gasteiger partial charge in [-0.05, 0) is 66.4 Å². The van der Waals surface area contributed by atoms with Crippen molar-refractivity contribution in [3.05, 3.63) is 88.2 Å². The van der Waals surface area contributed by atoms with Gasteiger partial charge in [0, 0.05) is 35.4 Å². The first-order valence-electron chi connectivity index (χ1n) is 11.6. The van der Waals surface area contributed by atoms with E-state index in [1.54, 1.807) is 53.1 Å². The molecule has 1 amide bonds. The molecule has 1 aliphatic rings. The van der Waals surface area contributed by atoms with Crippen molar-refractivity contribution in [1.82, 2.24) is 14.6 Å². The summed E-state index contributed by atoms with van der Waals surface area (Å²) >= 11 is 12.1. The van der Waals surface area contributed by atoms with Gasteiger partial charge in [0.15, 0.2) is 0 Å². The molecule has 0 aliphatic carbocycles. The van der Waals surface area contributed by atoms with Crippen LogP contribution in [0.2, 0.25) is 10.0 Å². The number of carboxylic acid groups (broad SMARTS) is 1. The van der Waals surface area contributed by atoms with E-state index in [1.807, 2.05) is 12.1 Å². The number of carbonyl (C=O) groups is 2. The van der Waals surface area contributed by atoms with Gasteiger partial charge in [-0.2, -0.15) is 0 Å². The van der Waals surface area contributed by atoms with Crippen LogP contribution in [0.15, 0.2) is 71.9 Å². The molecule has 11 heteroatoms. The number of pyridine rings is 1. The number of rotatable bonds is 10. The van der Waals surface area contributed by atoms with E-state index < -0.39 is 34.9 Å². The Labute approximate surface area is 227 Å². The molecule has 37 heavy (non-hydrogen) atoms. The quantitative estimate of drug-likeness (QED) is 0.382. The van der Waals surface area contributed by atoms with Crippen LogP contribution in [-0.2, 0) is 33.6 Å². The summed E-state index contributed by atoms with van der Waals surface area (Å²) in [7, 11) is -1.67. The minimum absolute atomic E-state index is 0.0887. The second-order valence-electron chi connectivity index (χ2n) is 8.54. The van der Waals surface area contributed by atoms with Crippen LogP contribution in [0, 0.1) is 0 Å². The van der Waals surface area contributed by atoms with Crippen molar-refractivity contribution >= 4 is 46.1 Å². The van der Waals surface area contributed by atoms with Crippen LogP contribution in [-0.4, -0.2) is 49.1 Å². The Balaban J connectivity index is 1.37. The standard InChI is InChI=1S/C26H25Cl2N3O5S/c27-19-13-20(28)15-22(14-19)37(35)31-11-1-2-24(31)25(32)30-23(26(33)34)12-17-3-5-21(6-4-17)36-16-18-7-9-29-10-8-18/h3-10,13-15,23-24H,1-2,11-12,16H2,(H,30,32)(H,33,34)/t23-,24-,37?/m0/s1. The first-order chi connectivity index (χ1) is 17.8. The summed E-state index contributed by atoms with van der Waals surface area (Å²) in [5.74, 6) is -0.996. The molecule has 2 heterocycles. The van der Waals surface area contributed by atoms with Gasteiger partial charge in [0.1, 0.15) is 35.4 Å². The summed E-state index contributed by atoms with van der Waals surface area (Å²) in [5.41, 5.74) is 1.71. The van der Waals surface area contributed by atoms with Gasteiger partial charge in [0.05, 0.1) is 4.90 Å². The first kappa shape index (κ1) is 27.1. The molecule has 3 aromatic rings. The monoisotopic (exact) mass is 561 g/mol. The lowest BCUT2D eigenvalue weighted by Crippen LogP contribution is -2.50. The Hall–Kier alpha value is -2.98. The molecular weight excluding hydrogens is 537 g/mol. The third-order valence-electron chi connectivity index (χ3n) is 5.89. The third kappa shape index (κ3) is 7.29. The summed E-state index contributed by atoms with van der Waals surface area (Å²) in [5, 5.41) is 13.1. The Morgan fingerprint density at radius 2 is 1.76 bits per heavy atom. The van der Waals surface area contributed by atoms with Gasteiger partial charge in [0.2, 0.25) is 5.91 Å². The highest BCUT2D eigenvalue weighted by Crippen LogP contribution is 2.27. The van der Waals surface area contributed by atoms with Crippen LogP contribution in [0.3, 0.4) is 0 Å². The van der Waals surface area contributed by atoms with E-state index in [9.17, 15) is 18.9 Å². The zero-order valence-electron chi connectivity index (χ0n) is 19.7. The van der Waals surface area contributed by atoms with Crippen molar-refractivity contribution in [3.63, 3.8) is 0 Å². The van der Waals surface area contributed by atoms with E-state index in [0.717, 1.165) is 11.1 Å². The van der Waals surface area contributed by atoms with Crippen LogP contribution in [0.4, 0.5) is 0 Å². The number of hydrogen-bond donors (Lipinski definition) is 2. The van der Waals surface area contributed by atoms with Crippen LogP contribution < -0.4 is 10.1 Å². The van der Waals surface area contributed by atoms with Crippen LogP contribution in [0.25, 0.3) is 0 Å². The van der Waals surface area contributed by atoms with Gasteiger partial charge in [-0.3, -0.25) is 9.78 Å². The smallest absolute Gasteiger partial charge is 0.326 e. The second-order valence-corrected chi connectivity index (χ2v) is 10.9. The minimum atomic E-state index is -1.67. The SMILES string of the molecule is O=C(O)[C@H](Cc1ccc(OCc2ccncc2)cc1)NC(=O)[C@@H]1CCCN1S(=O)c1cc(Cl)cc(Cl)c1. The molecular formula is C26H25Cl2N3O5S. The maximum absolute atomic E-state index is 13.2. The highest BCUT2D eigenvalue weighted by molar-refractivity contribution is 7.82. The number of amides is 1. The Kier molecular flexibility index (Phi) is 9.15. The average Bonchev–Trinajstić information content (AvgIpc) is 3.37. The summed E-state index contributed by atoms with van der Waals surface area (Å²) < 4.78 is 20.5. The Morgan fingerprint density at radius 1 is 1.08 bits per heavy atom. The number of carboxylic acids is 1. The van der Waals surface area contributed by atoms with Gasteiger partial charge >= 0.3 is 5.97 Å². The number of ether oxygens (including phenoxy) is 1. The second kappa shape index (κ2) is 12.5. The Morgan fingerprint density at radius 3 is 2.41 bits per heavy atom. The van der Waals surface area contributed by atoms with Crippen molar-refractivity contribution < 1.29 is 23.6 Å². The molecule has 2 aromatic carbocycles. The fourth-order valence-corrected chi connectivity index (χ4v) is 6.15. The summed E-state index contributed by atoms with van der Waals surface area (Å²) in [6, 6.07) is 13.5. The Bertz CT molecular complexity index is 1260. The van der Waals surface area contributed by atoms with E-state index in [1.165, 1.54) is 6.07 Å².